The van der Waals surface area contributed by atoms with Gasteiger partial charge in [0.15, 0.2) is 0 Å². The van der Waals surface area contributed by atoms with Crippen LogP contribution in [0.1, 0.15) is 40.0 Å². The van der Waals surface area contributed by atoms with Gasteiger partial charge < -0.3 is 25.4 Å². The van der Waals surface area contributed by atoms with E-state index in [1.807, 2.05) is 32.8 Å². The quantitative estimate of drug-likeness (QED) is 0.595. The molecule has 1 amide bonds. The fourth-order valence-corrected chi connectivity index (χ4v) is 2.81. The average Bonchev–Trinajstić information content (AvgIpc) is 2.54. The molecule has 0 fully saturated rings. The predicted molar refractivity (Wildman–Crippen MR) is 97.0 cm³/mol. The minimum atomic E-state index is -0.436. The summed E-state index contributed by atoms with van der Waals surface area (Å²) in [6.45, 7) is 6.53. The Morgan fingerprint density at radius 3 is 2.52 bits per heavy atom. The Kier molecular flexibility index (Phi) is 9.10. The second-order valence-corrected chi connectivity index (χ2v) is 6.76. The summed E-state index contributed by atoms with van der Waals surface area (Å²) in [6, 6.07) is -0.749. The van der Waals surface area contributed by atoms with Gasteiger partial charge >= 0.3 is 5.97 Å². The van der Waals surface area contributed by atoms with Crippen LogP contribution in [0.4, 0.5) is 0 Å². The van der Waals surface area contributed by atoms with Crippen molar-refractivity contribution in [3.05, 3.63) is 11.6 Å². The largest absolute Gasteiger partial charge is 0.461 e. The number of likely N-dealkylation sites (N-methyl/N-ethyl adjacent to an activating group) is 1. The van der Waals surface area contributed by atoms with Crippen molar-refractivity contribution in [2.75, 3.05) is 27.2 Å². The number of nitrogens with two attached hydrogens (primary N) is 1. The first-order valence-corrected chi connectivity index (χ1v) is 8.99. The normalized spacial score (nSPS) is 23.5. The van der Waals surface area contributed by atoms with E-state index in [2.05, 4.69) is 5.32 Å². The summed E-state index contributed by atoms with van der Waals surface area (Å²) in [5.41, 5.74) is 6.75. The van der Waals surface area contributed by atoms with Crippen molar-refractivity contribution in [1.29, 1.82) is 0 Å². The molecule has 0 heterocycles. The van der Waals surface area contributed by atoms with Gasteiger partial charge in [-0.3, -0.25) is 4.79 Å². The van der Waals surface area contributed by atoms with Crippen LogP contribution in [0, 0.1) is 0 Å². The first-order valence-electron chi connectivity index (χ1n) is 8.99. The van der Waals surface area contributed by atoms with E-state index < -0.39 is 12.1 Å². The van der Waals surface area contributed by atoms with Gasteiger partial charge in [-0.2, -0.15) is 0 Å². The number of carbonyl (C=O) groups is 2. The van der Waals surface area contributed by atoms with Crippen LogP contribution in [-0.4, -0.2) is 68.3 Å². The fraction of sp³-hybridized carbons (Fsp3) is 0.778. The van der Waals surface area contributed by atoms with Crippen molar-refractivity contribution >= 4 is 11.9 Å². The number of rotatable bonds is 9. The van der Waals surface area contributed by atoms with Crippen LogP contribution in [-0.2, 0) is 19.1 Å². The Balaban J connectivity index is 2.88. The first kappa shape index (κ1) is 21.6. The van der Waals surface area contributed by atoms with Crippen LogP contribution in [0.2, 0.25) is 0 Å². The van der Waals surface area contributed by atoms with Crippen molar-refractivity contribution in [2.24, 2.45) is 5.73 Å². The molecule has 0 bridgehead atoms. The van der Waals surface area contributed by atoms with Gasteiger partial charge in [0.1, 0.15) is 6.61 Å². The number of ether oxygens (including phenoxy) is 2. The second-order valence-electron chi connectivity index (χ2n) is 6.76. The number of hydrogen-bond acceptors (Lipinski definition) is 6. The van der Waals surface area contributed by atoms with Crippen molar-refractivity contribution in [2.45, 2.75) is 64.3 Å². The number of esters is 1. The highest BCUT2D eigenvalue weighted by Crippen LogP contribution is 2.24. The summed E-state index contributed by atoms with van der Waals surface area (Å²) in [4.78, 5) is 25.8. The van der Waals surface area contributed by atoms with E-state index in [0.717, 1.165) is 12.8 Å². The molecule has 0 aromatic heterocycles. The highest BCUT2D eigenvalue weighted by atomic mass is 16.5. The van der Waals surface area contributed by atoms with Crippen LogP contribution in [0.15, 0.2) is 11.6 Å². The SMILES string of the molecule is CCC(CC)O[C@@H]1C=C(C(=O)OCCN(C)C)C[C@H](N)[C@H]1NC(C)=O. The molecule has 25 heavy (non-hydrogen) atoms. The molecular weight excluding hydrogens is 322 g/mol. The smallest absolute Gasteiger partial charge is 0.333 e. The van der Waals surface area contributed by atoms with Gasteiger partial charge in [0, 0.05) is 25.1 Å². The van der Waals surface area contributed by atoms with Crippen LogP contribution in [0.25, 0.3) is 0 Å². The van der Waals surface area contributed by atoms with Gasteiger partial charge in [0.05, 0.1) is 18.2 Å². The van der Waals surface area contributed by atoms with Gasteiger partial charge in [0.2, 0.25) is 5.91 Å². The molecular formula is C18H33N3O4. The molecule has 3 atom stereocenters. The molecule has 0 aromatic carbocycles. The Labute approximate surface area is 150 Å². The molecule has 0 radical (unpaired) electrons. The zero-order valence-corrected chi connectivity index (χ0v) is 16.1. The number of hydrogen-bond donors (Lipinski definition) is 2. The molecule has 0 aromatic rings. The van der Waals surface area contributed by atoms with Crippen molar-refractivity contribution in [3.63, 3.8) is 0 Å². The lowest BCUT2D eigenvalue weighted by Gasteiger charge is -2.36. The molecule has 7 heteroatoms. The number of carbonyl (C=O) groups excluding carboxylic acids is 2. The maximum atomic E-state index is 12.3. The monoisotopic (exact) mass is 355 g/mol. The zero-order chi connectivity index (χ0) is 19.0. The molecule has 0 spiro atoms. The highest BCUT2D eigenvalue weighted by molar-refractivity contribution is 5.89. The van der Waals surface area contributed by atoms with Crippen LogP contribution in [0.3, 0.4) is 0 Å². The lowest BCUT2D eigenvalue weighted by atomic mass is 9.88. The summed E-state index contributed by atoms with van der Waals surface area (Å²) >= 11 is 0. The van der Waals surface area contributed by atoms with E-state index in [1.165, 1.54) is 6.92 Å². The number of amides is 1. The standard InChI is InChI=1S/C18H33N3O4/c1-6-14(7-2)25-16-11-13(18(23)24-9-8-21(4)5)10-15(19)17(16)20-12(3)22/h11,14-17H,6-10,19H2,1-5H3,(H,20,22)/t15-,16+,17+/m0/s1. The maximum absolute atomic E-state index is 12.3. The van der Waals surface area contributed by atoms with E-state index in [0.29, 0.717) is 25.1 Å². The number of nitrogens with zero attached hydrogens (tertiary/aromatic N) is 1. The molecule has 1 aliphatic carbocycles. The fourth-order valence-electron chi connectivity index (χ4n) is 2.81. The third-order valence-corrected chi connectivity index (χ3v) is 4.30. The molecule has 1 rings (SSSR count). The molecule has 0 unspecified atom stereocenters. The predicted octanol–water partition coefficient (Wildman–Crippen LogP) is 0.827. The lowest BCUT2D eigenvalue weighted by Crippen LogP contribution is -2.57. The van der Waals surface area contributed by atoms with Gasteiger partial charge in [-0.1, -0.05) is 13.8 Å². The lowest BCUT2D eigenvalue weighted by molar-refractivity contribution is -0.140. The summed E-state index contributed by atoms with van der Waals surface area (Å²) in [5, 5.41) is 2.86. The third kappa shape index (κ3) is 7.13. The molecule has 7 nitrogen and oxygen atoms in total. The molecule has 0 saturated carbocycles. The minimum Gasteiger partial charge on any atom is -0.461 e. The maximum Gasteiger partial charge on any atom is 0.333 e. The Hall–Kier alpha value is -1.44. The minimum absolute atomic E-state index is 0.0498. The third-order valence-electron chi connectivity index (χ3n) is 4.30. The summed E-state index contributed by atoms with van der Waals surface area (Å²) in [7, 11) is 3.84. The Morgan fingerprint density at radius 2 is 2.00 bits per heavy atom. The number of nitrogens with one attached hydrogen (secondary N) is 1. The Morgan fingerprint density at radius 1 is 1.36 bits per heavy atom. The highest BCUT2D eigenvalue weighted by Gasteiger charge is 2.35. The topological polar surface area (TPSA) is 93.9 Å². The van der Waals surface area contributed by atoms with Crippen molar-refractivity contribution in [3.8, 4) is 0 Å². The van der Waals surface area contributed by atoms with Crippen LogP contribution in [0.5, 0.6) is 0 Å². The summed E-state index contributed by atoms with van der Waals surface area (Å²) in [6.07, 6.45) is 3.44. The van der Waals surface area contributed by atoms with E-state index in [9.17, 15) is 9.59 Å². The average molecular weight is 355 g/mol. The second kappa shape index (κ2) is 10.5. The van der Waals surface area contributed by atoms with E-state index in [1.54, 1.807) is 6.08 Å². The van der Waals surface area contributed by atoms with E-state index >= 15 is 0 Å². The van der Waals surface area contributed by atoms with Crippen molar-refractivity contribution < 1.29 is 19.1 Å². The Bertz CT molecular complexity index is 475. The van der Waals surface area contributed by atoms with Crippen LogP contribution >= 0.6 is 0 Å². The van der Waals surface area contributed by atoms with Gasteiger partial charge in [-0.15, -0.1) is 0 Å². The van der Waals surface area contributed by atoms with Crippen molar-refractivity contribution in [1.82, 2.24) is 10.2 Å². The van der Waals surface area contributed by atoms with E-state index in [-0.39, 0.29) is 24.0 Å². The van der Waals surface area contributed by atoms with E-state index in [4.69, 9.17) is 15.2 Å². The van der Waals surface area contributed by atoms with Gasteiger partial charge in [-0.25, -0.2) is 4.79 Å². The molecule has 0 saturated heterocycles. The van der Waals surface area contributed by atoms with Gasteiger partial charge in [-0.05, 0) is 39.4 Å². The van der Waals surface area contributed by atoms with Gasteiger partial charge in [0.25, 0.3) is 0 Å². The zero-order valence-electron chi connectivity index (χ0n) is 16.1. The molecule has 1 aliphatic rings. The first-order chi connectivity index (χ1) is 11.8. The molecule has 3 N–H and O–H groups in total. The van der Waals surface area contributed by atoms with Crippen LogP contribution < -0.4 is 11.1 Å². The molecule has 0 aliphatic heterocycles. The summed E-state index contributed by atoms with van der Waals surface area (Å²) in [5.74, 6) is -0.527. The molecule has 144 valence electrons. The summed E-state index contributed by atoms with van der Waals surface area (Å²) < 4.78 is 11.4.